The number of rotatable bonds is 7. The topological polar surface area (TPSA) is 92.5 Å². The Balaban J connectivity index is 1.47. The van der Waals surface area contributed by atoms with Crippen LogP contribution in [0.15, 0.2) is 59.5 Å². The molecule has 1 aliphatic rings. The van der Waals surface area contributed by atoms with Gasteiger partial charge in [-0.2, -0.15) is 4.31 Å². The van der Waals surface area contributed by atoms with Gasteiger partial charge in [-0.3, -0.25) is 4.79 Å². The van der Waals surface area contributed by atoms with E-state index >= 15 is 0 Å². The van der Waals surface area contributed by atoms with Crippen LogP contribution in [-0.4, -0.2) is 38.3 Å². The summed E-state index contributed by atoms with van der Waals surface area (Å²) in [4.78, 5) is 11.6. The Hall–Kier alpha value is -2.22. The molecule has 3 N–H and O–H groups in total. The van der Waals surface area contributed by atoms with Gasteiger partial charge in [-0.15, -0.1) is 0 Å². The third-order valence-corrected chi connectivity index (χ3v) is 6.84. The van der Waals surface area contributed by atoms with Crippen LogP contribution >= 0.6 is 0 Å². The average molecular weight is 388 g/mol. The Morgan fingerprint density at radius 3 is 2.44 bits per heavy atom. The van der Waals surface area contributed by atoms with Crippen LogP contribution in [0, 0.1) is 5.92 Å². The molecule has 0 radical (unpaired) electrons. The minimum absolute atomic E-state index is 0.357. The summed E-state index contributed by atoms with van der Waals surface area (Å²) in [7, 11) is -3.39. The molecular weight excluding hydrogens is 362 g/mol. The van der Waals surface area contributed by atoms with Crippen molar-refractivity contribution >= 4 is 15.9 Å². The fourth-order valence-corrected chi connectivity index (χ4v) is 4.84. The van der Waals surface area contributed by atoms with Crippen LogP contribution < -0.4 is 11.1 Å². The Morgan fingerprint density at radius 2 is 1.78 bits per heavy atom. The molecule has 3 rings (SSSR count). The van der Waals surface area contributed by atoms with E-state index in [-0.39, 0.29) is 0 Å². The van der Waals surface area contributed by atoms with Gasteiger partial charge in [0.15, 0.2) is 0 Å². The van der Waals surface area contributed by atoms with Crippen molar-refractivity contribution in [2.45, 2.75) is 24.3 Å². The van der Waals surface area contributed by atoms with Crippen molar-refractivity contribution in [1.29, 1.82) is 0 Å². The van der Waals surface area contributed by atoms with E-state index in [1.807, 2.05) is 18.2 Å². The Kier molecular flexibility index (Phi) is 6.26. The summed E-state index contributed by atoms with van der Waals surface area (Å²) >= 11 is 0. The maximum absolute atomic E-state index is 12.7. The molecule has 27 heavy (non-hydrogen) atoms. The van der Waals surface area contributed by atoms with Crippen LogP contribution in [0.3, 0.4) is 0 Å². The SMILES string of the molecule is NC(=O)c1cccc(CNCC2CCN(S(=O)(=O)c3ccccc3)CC2)c1. The van der Waals surface area contributed by atoms with Crippen molar-refractivity contribution in [3.8, 4) is 0 Å². The first-order chi connectivity index (χ1) is 13.0. The molecule has 7 heteroatoms. The van der Waals surface area contributed by atoms with Crippen LogP contribution in [0.25, 0.3) is 0 Å². The van der Waals surface area contributed by atoms with Gasteiger partial charge in [-0.1, -0.05) is 30.3 Å². The number of benzene rings is 2. The predicted octanol–water partition coefficient (Wildman–Crippen LogP) is 1.98. The molecule has 2 aromatic carbocycles. The lowest BCUT2D eigenvalue weighted by Gasteiger charge is -2.31. The van der Waals surface area contributed by atoms with Crippen LogP contribution in [0.1, 0.15) is 28.8 Å². The zero-order valence-electron chi connectivity index (χ0n) is 15.2. The van der Waals surface area contributed by atoms with Crippen LogP contribution in [0.5, 0.6) is 0 Å². The highest BCUT2D eigenvalue weighted by Gasteiger charge is 2.28. The monoisotopic (exact) mass is 387 g/mol. The number of amides is 1. The summed E-state index contributed by atoms with van der Waals surface area (Å²) in [5.41, 5.74) is 6.82. The minimum Gasteiger partial charge on any atom is -0.366 e. The molecule has 144 valence electrons. The number of piperidine rings is 1. The highest BCUT2D eigenvalue weighted by atomic mass is 32.2. The van der Waals surface area contributed by atoms with Crippen molar-refractivity contribution in [2.75, 3.05) is 19.6 Å². The van der Waals surface area contributed by atoms with Crippen molar-refractivity contribution in [3.05, 3.63) is 65.7 Å². The van der Waals surface area contributed by atoms with Crippen LogP contribution in [0.2, 0.25) is 0 Å². The molecule has 0 saturated carbocycles. The Morgan fingerprint density at radius 1 is 1.07 bits per heavy atom. The summed E-state index contributed by atoms with van der Waals surface area (Å²) in [5, 5.41) is 3.40. The number of sulfonamides is 1. The number of nitrogens with zero attached hydrogens (tertiary/aromatic N) is 1. The number of hydrogen-bond donors (Lipinski definition) is 2. The first kappa shape index (κ1) is 19.5. The van der Waals surface area contributed by atoms with Gasteiger partial charge in [-0.05, 0) is 55.1 Å². The van der Waals surface area contributed by atoms with E-state index in [9.17, 15) is 13.2 Å². The molecule has 0 aromatic heterocycles. The molecule has 1 amide bonds. The number of nitrogens with one attached hydrogen (secondary N) is 1. The second-order valence-electron chi connectivity index (χ2n) is 6.86. The second-order valence-corrected chi connectivity index (χ2v) is 8.79. The molecule has 1 aliphatic heterocycles. The molecule has 1 fully saturated rings. The van der Waals surface area contributed by atoms with Crippen LogP contribution in [-0.2, 0) is 16.6 Å². The fourth-order valence-electron chi connectivity index (χ4n) is 3.35. The standard InChI is InChI=1S/C20H25N3O3S/c21-20(24)18-6-4-5-17(13-18)15-22-14-16-9-11-23(12-10-16)27(25,26)19-7-2-1-3-8-19/h1-8,13,16,22H,9-12,14-15H2,(H2,21,24). The van der Waals surface area contributed by atoms with Gasteiger partial charge in [0.2, 0.25) is 15.9 Å². The largest absolute Gasteiger partial charge is 0.366 e. The number of carbonyl (C=O) groups is 1. The molecule has 2 aromatic rings. The van der Waals surface area contributed by atoms with E-state index in [0.29, 0.717) is 36.0 Å². The van der Waals surface area contributed by atoms with Gasteiger partial charge in [-0.25, -0.2) is 8.42 Å². The second kappa shape index (κ2) is 8.65. The summed E-state index contributed by atoms with van der Waals surface area (Å²) in [6.45, 7) is 2.56. The molecule has 0 aliphatic carbocycles. The van der Waals surface area contributed by atoms with Gasteiger partial charge < -0.3 is 11.1 Å². The van der Waals surface area contributed by atoms with E-state index in [0.717, 1.165) is 24.9 Å². The van der Waals surface area contributed by atoms with Gasteiger partial charge in [0.05, 0.1) is 4.90 Å². The summed E-state index contributed by atoms with van der Waals surface area (Å²) in [6, 6.07) is 15.9. The fraction of sp³-hybridized carbons (Fsp3) is 0.350. The Bertz CT molecular complexity index is 876. The maximum atomic E-state index is 12.7. The first-order valence-electron chi connectivity index (χ1n) is 9.11. The molecule has 0 atom stereocenters. The molecule has 1 heterocycles. The zero-order valence-corrected chi connectivity index (χ0v) is 16.0. The quantitative estimate of drug-likeness (QED) is 0.760. The van der Waals surface area contributed by atoms with Gasteiger partial charge >= 0.3 is 0 Å². The van der Waals surface area contributed by atoms with E-state index in [1.165, 1.54) is 0 Å². The van der Waals surface area contributed by atoms with Crippen molar-refractivity contribution in [1.82, 2.24) is 9.62 Å². The maximum Gasteiger partial charge on any atom is 0.248 e. The summed E-state index contributed by atoms with van der Waals surface area (Å²) < 4.78 is 26.9. The number of hydrogen-bond acceptors (Lipinski definition) is 4. The molecular formula is C20H25N3O3S. The van der Waals surface area contributed by atoms with Gasteiger partial charge in [0.25, 0.3) is 0 Å². The van der Waals surface area contributed by atoms with Crippen LogP contribution in [0.4, 0.5) is 0 Å². The van der Waals surface area contributed by atoms with E-state index in [1.54, 1.807) is 40.7 Å². The normalized spacial score (nSPS) is 16.3. The highest BCUT2D eigenvalue weighted by molar-refractivity contribution is 7.89. The van der Waals surface area contributed by atoms with Crippen molar-refractivity contribution < 1.29 is 13.2 Å². The van der Waals surface area contributed by atoms with E-state index in [4.69, 9.17) is 5.73 Å². The van der Waals surface area contributed by atoms with Gasteiger partial charge in [0.1, 0.15) is 0 Å². The average Bonchev–Trinajstić information content (AvgIpc) is 2.69. The Labute approximate surface area is 160 Å². The summed E-state index contributed by atoms with van der Waals surface area (Å²) in [5.74, 6) is 0.00962. The predicted molar refractivity (Wildman–Crippen MR) is 105 cm³/mol. The first-order valence-corrected chi connectivity index (χ1v) is 10.6. The third kappa shape index (κ3) is 4.94. The lowest BCUT2D eigenvalue weighted by Crippen LogP contribution is -2.40. The van der Waals surface area contributed by atoms with Crippen molar-refractivity contribution in [3.63, 3.8) is 0 Å². The molecule has 1 saturated heterocycles. The smallest absolute Gasteiger partial charge is 0.248 e. The lowest BCUT2D eigenvalue weighted by atomic mass is 9.98. The van der Waals surface area contributed by atoms with Crippen molar-refractivity contribution in [2.24, 2.45) is 11.7 Å². The minimum atomic E-state index is -3.39. The molecule has 0 spiro atoms. The molecule has 0 unspecified atom stereocenters. The molecule has 6 nitrogen and oxygen atoms in total. The summed E-state index contributed by atoms with van der Waals surface area (Å²) in [6.07, 6.45) is 1.67. The number of primary amides is 1. The lowest BCUT2D eigenvalue weighted by molar-refractivity contribution is 0.1000. The molecule has 0 bridgehead atoms. The van der Waals surface area contributed by atoms with E-state index < -0.39 is 15.9 Å². The number of carbonyl (C=O) groups excluding carboxylic acids is 1. The zero-order chi connectivity index (χ0) is 19.3. The highest BCUT2D eigenvalue weighted by Crippen LogP contribution is 2.23. The third-order valence-electron chi connectivity index (χ3n) is 4.93. The van der Waals surface area contributed by atoms with E-state index in [2.05, 4.69) is 5.32 Å². The number of nitrogens with two attached hydrogens (primary N) is 1. The van der Waals surface area contributed by atoms with Gasteiger partial charge in [0, 0.05) is 25.2 Å².